The third-order valence-electron chi connectivity index (χ3n) is 7.20. The molecule has 2 aromatic rings. The maximum absolute atomic E-state index is 15.5. The average molecular weight is 485 g/mol. The van der Waals surface area contributed by atoms with Crippen LogP contribution in [0.1, 0.15) is 45.2 Å². The van der Waals surface area contributed by atoms with Crippen molar-refractivity contribution in [3.8, 4) is 0 Å². The zero-order chi connectivity index (χ0) is 25.5. The largest absolute Gasteiger partial charge is 0.396 e. The van der Waals surface area contributed by atoms with Crippen molar-refractivity contribution in [3.05, 3.63) is 59.7 Å². The van der Waals surface area contributed by atoms with E-state index in [1.165, 1.54) is 20.8 Å². The first-order valence-corrected chi connectivity index (χ1v) is 12.0. The second-order valence-electron chi connectivity index (χ2n) is 10.1. The number of fused-ring (bicyclic) bond motifs is 2. The summed E-state index contributed by atoms with van der Waals surface area (Å²) in [7, 11) is 0. The summed E-state index contributed by atoms with van der Waals surface area (Å²) in [5.41, 5.74) is -0.626. The van der Waals surface area contributed by atoms with Gasteiger partial charge in [-0.25, -0.2) is 4.39 Å². The molecule has 3 N–H and O–H groups in total. The van der Waals surface area contributed by atoms with Crippen LogP contribution >= 0.6 is 0 Å². The molecule has 1 spiro atoms. The van der Waals surface area contributed by atoms with Gasteiger partial charge in [-0.2, -0.15) is 0 Å². The highest BCUT2D eigenvalue weighted by atomic mass is 19.1. The predicted molar refractivity (Wildman–Crippen MR) is 130 cm³/mol. The first-order chi connectivity index (χ1) is 16.5. The van der Waals surface area contributed by atoms with Crippen LogP contribution in [0.2, 0.25) is 0 Å². The normalized spacial score (nSPS) is 26.8. The van der Waals surface area contributed by atoms with Gasteiger partial charge in [0.15, 0.2) is 5.60 Å². The molecule has 188 valence electrons. The minimum atomic E-state index is -1.66. The van der Waals surface area contributed by atoms with E-state index >= 15 is 4.39 Å². The molecule has 8 heteroatoms. The minimum Gasteiger partial charge on any atom is -0.396 e. The lowest BCUT2D eigenvalue weighted by Gasteiger charge is -2.32. The summed E-state index contributed by atoms with van der Waals surface area (Å²) in [4.78, 5) is 27.9. The first kappa shape index (κ1) is 25.3. The number of amides is 2. The predicted octanol–water partition coefficient (Wildman–Crippen LogP) is 3.53. The number of aliphatic hydroxyl groups excluding tert-OH is 2. The first-order valence-electron chi connectivity index (χ1n) is 12.0. The van der Waals surface area contributed by atoms with Crippen LogP contribution in [0.3, 0.4) is 0 Å². The monoisotopic (exact) mass is 484 g/mol. The molecule has 0 radical (unpaired) electrons. The van der Waals surface area contributed by atoms with Gasteiger partial charge < -0.3 is 25.2 Å². The van der Waals surface area contributed by atoms with Crippen molar-refractivity contribution in [1.82, 2.24) is 0 Å². The Labute approximate surface area is 204 Å². The topological polar surface area (TPSA) is 99.1 Å². The van der Waals surface area contributed by atoms with E-state index in [1.54, 1.807) is 23.1 Å². The number of carbonyl (C=O) groups excluding carboxylic acids is 2. The van der Waals surface area contributed by atoms with Crippen LogP contribution in [0, 0.1) is 11.8 Å². The number of benzene rings is 2. The molecule has 1 fully saturated rings. The van der Waals surface area contributed by atoms with Crippen molar-refractivity contribution in [2.24, 2.45) is 11.8 Å². The van der Waals surface area contributed by atoms with E-state index in [4.69, 9.17) is 4.74 Å². The lowest BCUT2D eigenvalue weighted by molar-refractivity contribution is -0.146. The Bertz CT molecular complexity index is 1100. The molecule has 2 aliphatic rings. The van der Waals surface area contributed by atoms with E-state index in [0.29, 0.717) is 23.5 Å². The zero-order valence-corrected chi connectivity index (χ0v) is 20.5. The van der Waals surface area contributed by atoms with Gasteiger partial charge in [-0.15, -0.1) is 0 Å². The van der Waals surface area contributed by atoms with Gasteiger partial charge >= 0.3 is 0 Å². The number of anilines is 2. The highest BCUT2D eigenvalue weighted by Crippen LogP contribution is 2.58. The summed E-state index contributed by atoms with van der Waals surface area (Å²) in [6.07, 6.45) is -1.68. The summed E-state index contributed by atoms with van der Waals surface area (Å²) in [6.45, 7) is 6.24. The van der Waals surface area contributed by atoms with Crippen molar-refractivity contribution in [3.63, 3.8) is 0 Å². The van der Waals surface area contributed by atoms with E-state index in [9.17, 15) is 19.8 Å². The van der Waals surface area contributed by atoms with E-state index in [1.807, 2.05) is 37.3 Å². The van der Waals surface area contributed by atoms with E-state index in [0.717, 1.165) is 5.56 Å². The number of halogens is 1. The third-order valence-corrected chi connectivity index (χ3v) is 7.20. The lowest BCUT2D eigenvalue weighted by Crippen LogP contribution is -2.45. The molecule has 0 unspecified atom stereocenters. The maximum Gasteiger partial charge on any atom is 0.264 e. The number of carbonyl (C=O) groups is 2. The van der Waals surface area contributed by atoms with Crippen LogP contribution < -0.4 is 10.2 Å². The lowest BCUT2D eigenvalue weighted by atomic mass is 9.71. The summed E-state index contributed by atoms with van der Waals surface area (Å²) in [5, 5.41) is 21.9. The highest BCUT2D eigenvalue weighted by molar-refractivity contribution is 6.08. The molecule has 0 aliphatic carbocycles. The van der Waals surface area contributed by atoms with Gasteiger partial charge in [-0.3, -0.25) is 9.59 Å². The Morgan fingerprint density at radius 1 is 1.26 bits per heavy atom. The molecule has 0 saturated carbocycles. The standard InChI is InChI=1S/C27H33FN2O5/c1-16-23(26(3,4)28)22(12-13-31)35-27(16)20-14-19(29-24(33)17(2)32)10-11-21(20)30(25(27)34)15-18-8-6-5-7-9-18/h5-11,14,16-17,22-23,31-32H,12-13,15H2,1-4H3,(H,29,33)/t16-,17+,22+,23-,27+/m1/s1. The Balaban J connectivity index is 1.84. The molecule has 1 saturated heterocycles. The molecule has 0 aromatic heterocycles. The second-order valence-corrected chi connectivity index (χ2v) is 10.1. The summed E-state index contributed by atoms with van der Waals surface area (Å²) in [6, 6.07) is 14.6. The van der Waals surface area contributed by atoms with Gasteiger partial charge in [0.2, 0.25) is 0 Å². The Hall–Kier alpha value is -2.81. The van der Waals surface area contributed by atoms with Crippen LogP contribution in [-0.4, -0.2) is 46.5 Å². The minimum absolute atomic E-state index is 0.195. The molecule has 35 heavy (non-hydrogen) atoms. The molecule has 0 bridgehead atoms. The number of rotatable bonds is 7. The van der Waals surface area contributed by atoms with Crippen molar-refractivity contribution < 1.29 is 28.9 Å². The van der Waals surface area contributed by atoms with E-state index in [-0.39, 0.29) is 18.9 Å². The highest BCUT2D eigenvalue weighted by Gasteiger charge is 2.66. The Kier molecular flexibility index (Phi) is 6.74. The number of hydrogen-bond acceptors (Lipinski definition) is 5. The summed E-state index contributed by atoms with van der Waals surface area (Å²) < 4.78 is 21.9. The number of hydrogen-bond donors (Lipinski definition) is 3. The van der Waals surface area contributed by atoms with Crippen molar-refractivity contribution in [2.45, 2.75) is 64.1 Å². The van der Waals surface area contributed by atoms with Crippen LogP contribution in [0.25, 0.3) is 0 Å². The van der Waals surface area contributed by atoms with Gasteiger partial charge in [0.25, 0.3) is 11.8 Å². The Morgan fingerprint density at radius 2 is 1.94 bits per heavy atom. The average Bonchev–Trinajstić information content (AvgIpc) is 3.22. The molecule has 4 rings (SSSR count). The molecule has 5 atom stereocenters. The summed E-state index contributed by atoms with van der Waals surface area (Å²) >= 11 is 0. The maximum atomic E-state index is 15.5. The molecule has 2 aliphatic heterocycles. The fraction of sp³-hybridized carbons (Fsp3) is 0.481. The van der Waals surface area contributed by atoms with Gasteiger partial charge in [-0.1, -0.05) is 37.3 Å². The van der Waals surface area contributed by atoms with Gasteiger partial charge in [0, 0.05) is 29.7 Å². The number of ether oxygens (including phenoxy) is 1. The molecule has 2 aromatic carbocycles. The summed E-state index contributed by atoms with van der Waals surface area (Å²) in [5.74, 6) is -2.06. The quantitative estimate of drug-likeness (QED) is 0.559. The van der Waals surface area contributed by atoms with Crippen LogP contribution in [0.15, 0.2) is 48.5 Å². The number of nitrogens with zero attached hydrogens (tertiary/aromatic N) is 1. The van der Waals surface area contributed by atoms with Gasteiger partial charge in [0.1, 0.15) is 11.8 Å². The molecular weight excluding hydrogens is 451 g/mol. The van der Waals surface area contributed by atoms with Crippen molar-refractivity contribution in [2.75, 3.05) is 16.8 Å². The third kappa shape index (κ3) is 4.35. The second kappa shape index (κ2) is 9.33. The smallest absolute Gasteiger partial charge is 0.264 e. The molecular formula is C27H33FN2O5. The fourth-order valence-electron chi connectivity index (χ4n) is 5.69. The van der Waals surface area contributed by atoms with E-state index in [2.05, 4.69) is 5.32 Å². The fourth-order valence-corrected chi connectivity index (χ4v) is 5.69. The number of aliphatic hydroxyl groups is 2. The van der Waals surface area contributed by atoms with Crippen LogP contribution in [-0.2, 0) is 26.5 Å². The number of nitrogens with one attached hydrogen (secondary N) is 1. The van der Waals surface area contributed by atoms with Crippen molar-refractivity contribution in [1.29, 1.82) is 0 Å². The van der Waals surface area contributed by atoms with Crippen LogP contribution in [0.4, 0.5) is 15.8 Å². The molecule has 2 heterocycles. The SMILES string of the molecule is C[C@H](O)C(=O)Nc1ccc2c(c1)[C@]1(O[C@@H](CCO)[C@H](C(C)(C)F)[C@H]1C)C(=O)N2Cc1ccccc1. The van der Waals surface area contributed by atoms with Gasteiger partial charge in [0.05, 0.1) is 18.3 Å². The molecule has 7 nitrogen and oxygen atoms in total. The van der Waals surface area contributed by atoms with Crippen molar-refractivity contribution >= 4 is 23.2 Å². The number of alkyl halides is 1. The zero-order valence-electron chi connectivity index (χ0n) is 20.5. The molecule has 2 amide bonds. The van der Waals surface area contributed by atoms with E-state index < -0.39 is 41.2 Å². The Morgan fingerprint density at radius 3 is 2.54 bits per heavy atom. The van der Waals surface area contributed by atoms with Gasteiger partial charge in [-0.05, 0) is 51.0 Å². The van der Waals surface area contributed by atoms with Crippen LogP contribution in [0.5, 0.6) is 0 Å².